The van der Waals surface area contributed by atoms with Crippen LogP contribution >= 0.6 is 0 Å². The first kappa shape index (κ1) is 25.9. The lowest BCUT2D eigenvalue weighted by Crippen LogP contribution is -2.21. The number of hydrogen-bond donors (Lipinski definition) is 1. The molecule has 9 nitrogen and oxygen atoms in total. The first-order valence-corrected chi connectivity index (χ1v) is 12.0. The molecule has 2 N–H and O–H groups in total. The Bertz CT molecular complexity index is 1680. The first-order valence-electron chi connectivity index (χ1n) is 12.0. The summed E-state index contributed by atoms with van der Waals surface area (Å²) in [7, 11) is 0. The van der Waals surface area contributed by atoms with Crippen LogP contribution in [0, 0.1) is 27.3 Å². The zero-order chi connectivity index (χ0) is 28.2. The molecule has 0 aromatic heterocycles. The molecule has 0 aliphatic carbocycles. The van der Waals surface area contributed by atoms with Gasteiger partial charge in [0, 0.05) is 23.8 Å². The second-order valence-corrected chi connectivity index (χ2v) is 8.81. The van der Waals surface area contributed by atoms with Crippen molar-refractivity contribution in [3.05, 3.63) is 141 Å². The standard InChI is InChI=1S/C30H20FN3O6/c31-21-8-4-18(5-9-21)17-38-23-10-6-19(7-11-23)28-25-13-12-24(15-27(25)40-29(33)26(28)16-32)39-30(35)20-2-1-3-22(14-20)34(36)37/h1-15,28H,17,33H2. The van der Waals surface area contributed by atoms with E-state index in [9.17, 15) is 24.6 Å². The van der Waals surface area contributed by atoms with Gasteiger partial charge in [0.15, 0.2) is 0 Å². The highest BCUT2D eigenvalue weighted by atomic mass is 19.1. The fourth-order valence-electron chi connectivity index (χ4n) is 4.26. The predicted molar refractivity (Wildman–Crippen MR) is 141 cm³/mol. The molecule has 0 spiro atoms. The number of nitriles is 1. The van der Waals surface area contributed by atoms with Gasteiger partial charge in [-0.3, -0.25) is 10.1 Å². The van der Waals surface area contributed by atoms with Crippen molar-refractivity contribution in [1.82, 2.24) is 0 Å². The summed E-state index contributed by atoms with van der Waals surface area (Å²) in [5.74, 6) is -0.736. The van der Waals surface area contributed by atoms with Crippen LogP contribution in [-0.4, -0.2) is 10.9 Å². The molecule has 1 heterocycles. The number of benzene rings is 4. The van der Waals surface area contributed by atoms with Gasteiger partial charge >= 0.3 is 5.97 Å². The number of fused-ring (bicyclic) bond motifs is 1. The third-order valence-electron chi connectivity index (χ3n) is 6.23. The molecule has 4 aromatic carbocycles. The molecular formula is C30H20FN3O6. The Kier molecular flexibility index (Phi) is 7.11. The van der Waals surface area contributed by atoms with Crippen molar-refractivity contribution < 1.29 is 28.3 Å². The van der Waals surface area contributed by atoms with Crippen LogP contribution in [0.2, 0.25) is 0 Å². The minimum atomic E-state index is -0.784. The molecule has 1 atom stereocenters. The SMILES string of the molecule is N#CC1=C(N)Oc2cc(OC(=O)c3cccc([N+](=O)[O-])c3)ccc2C1c1ccc(OCc2ccc(F)cc2)cc1. The van der Waals surface area contributed by atoms with E-state index in [4.69, 9.17) is 19.9 Å². The van der Waals surface area contributed by atoms with Crippen molar-refractivity contribution in [1.29, 1.82) is 5.26 Å². The van der Waals surface area contributed by atoms with E-state index in [0.717, 1.165) is 17.2 Å². The second kappa shape index (κ2) is 11.0. The summed E-state index contributed by atoms with van der Waals surface area (Å²) in [4.78, 5) is 23.0. The summed E-state index contributed by atoms with van der Waals surface area (Å²) in [6.07, 6.45) is 0. The van der Waals surface area contributed by atoms with Crippen LogP contribution in [0.3, 0.4) is 0 Å². The van der Waals surface area contributed by atoms with Gasteiger partial charge in [0.1, 0.15) is 41.3 Å². The maximum atomic E-state index is 13.1. The number of nitrogens with zero attached hydrogens (tertiary/aromatic N) is 2. The van der Waals surface area contributed by atoms with Gasteiger partial charge in [-0.1, -0.05) is 36.4 Å². The van der Waals surface area contributed by atoms with E-state index in [2.05, 4.69) is 6.07 Å². The number of nitrogens with two attached hydrogens (primary N) is 1. The fourth-order valence-corrected chi connectivity index (χ4v) is 4.26. The molecule has 0 radical (unpaired) electrons. The molecule has 0 fully saturated rings. The third kappa shape index (κ3) is 5.44. The minimum Gasteiger partial charge on any atom is -0.489 e. The van der Waals surface area contributed by atoms with Gasteiger partial charge in [0.25, 0.3) is 5.69 Å². The number of carbonyl (C=O) groups excluding carboxylic acids is 1. The highest BCUT2D eigenvalue weighted by Gasteiger charge is 2.31. The molecule has 10 heteroatoms. The zero-order valence-electron chi connectivity index (χ0n) is 20.7. The van der Waals surface area contributed by atoms with Crippen molar-refractivity contribution in [2.45, 2.75) is 12.5 Å². The molecule has 5 rings (SSSR count). The van der Waals surface area contributed by atoms with Gasteiger partial charge in [0.05, 0.1) is 16.4 Å². The molecule has 1 aliphatic rings. The van der Waals surface area contributed by atoms with Gasteiger partial charge in [-0.25, -0.2) is 9.18 Å². The number of allylic oxidation sites excluding steroid dienone is 1. The van der Waals surface area contributed by atoms with E-state index in [0.29, 0.717) is 17.1 Å². The molecule has 0 saturated carbocycles. The maximum Gasteiger partial charge on any atom is 0.343 e. The largest absolute Gasteiger partial charge is 0.489 e. The highest BCUT2D eigenvalue weighted by molar-refractivity contribution is 5.91. The number of ether oxygens (including phenoxy) is 3. The average molecular weight is 538 g/mol. The number of nitro benzene ring substituents is 1. The average Bonchev–Trinajstić information content (AvgIpc) is 2.96. The normalized spacial score (nSPS) is 13.9. The fraction of sp³-hybridized carbons (Fsp3) is 0.0667. The Balaban J connectivity index is 1.37. The van der Waals surface area contributed by atoms with Gasteiger partial charge < -0.3 is 19.9 Å². The maximum absolute atomic E-state index is 13.1. The van der Waals surface area contributed by atoms with Gasteiger partial charge in [-0.2, -0.15) is 5.26 Å². The molecule has 0 saturated heterocycles. The van der Waals surface area contributed by atoms with Gasteiger partial charge in [0.2, 0.25) is 5.88 Å². The van der Waals surface area contributed by atoms with Crippen LogP contribution in [0.25, 0.3) is 0 Å². The Hall–Kier alpha value is -5.69. The summed E-state index contributed by atoms with van der Waals surface area (Å²) < 4.78 is 30.0. The van der Waals surface area contributed by atoms with Crippen molar-refractivity contribution in [2.75, 3.05) is 0 Å². The van der Waals surface area contributed by atoms with Crippen molar-refractivity contribution in [3.8, 4) is 23.3 Å². The Morgan fingerprint density at radius 2 is 1.75 bits per heavy atom. The lowest BCUT2D eigenvalue weighted by Gasteiger charge is -2.26. The highest BCUT2D eigenvalue weighted by Crippen LogP contribution is 2.43. The third-order valence-corrected chi connectivity index (χ3v) is 6.23. The van der Waals surface area contributed by atoms with Gasteiger partial charge in [-0.05, 0) is 47.5 Å². The number of esters is 1. The summed E-state index contributed by atoms with van der Waals surface area (Å²) in [5, 5.41) is 20.9. The van der Waals surface area contributed by atoms with Crippen molar-refractivity contribution in [2.24, 2.45) is 5.73 Å². The molecular weight excluding hydrogens is 517 g/mol. The lowest BCUT2D eigenvalue weighted by molar-refractivity contribution is -0.384. The van der Waals surface area contributed by atoms with Crippen molar-refractivity contribution in [3.63, 3.8) is 0 Å². The van der Waals surface area contributed by atoms with Crippen LogP contribution in [0.1, 0.15) is 33.0 Å². The van der Waals surface area contributed by atoms with Crippen LogP contribution < -0.4 is 19.9 Å². The van der Waals surface area contributed by atoms with Crippen LogP contribution in [0.5, 0.6) is 17.2 Å². The molecule has 0 bridgehead atoms. The molecule has 1 unspecified atom stereocenters. The number of carbonyl (C=O) groups is 1. The molecule has 1 aliphatic heterocycles. The topological polar surface area (TPSA) is 138 Å². The molecule has 198 valence electrons. The van der Waals surface area contributed by atoms with Crippen LogP contribution in [0.4, 0.5) is 10.1 Å². The summed E-state index contributed by atoms with van der Waals surface area (Å²) in [5.41, 5.74) is 8.27. The quantitative estimate of drug-likeness (QED) is 0.136. The number of rotatable bonds is 7. The van der Waals surface area contributed by atoms with E-state index in [-0.39, 0.29) is 40.9 Å². The van der Waals surface area contributed by atoms with E-state index in [1.807, 2.05) is 0 Å². The van der Waals surface area contributed by atoms with Crippen LogP contribution in [-0.2, 0) is 6.61 Å². The Morgan fingerprint density at radius 1 is 1.02 bits per heavy atom. The van der Waals surface area contributed by atoms with E-state index in [1.54, 1.807) is 48.5 Å². The van der Waals surface area contributed by atoms with E-state index >= 15 is 0 Å². The number of halogens is 1. The zero-order valence-corrected chi connectivity index (χ0v) is 20.7. The predicted octanol–water partition coefficient (Wildman–Crippen LogP) is 5.75. The summed E-state index contributed by atoms with van der Waals surface area (Å²) >= 11 is 0. The van der Waals surface area contributed by atoms with Crippen molar-refractivity contribution >= 4 is 11.7 Å². The summed E-state index contributed by atoms with van der Waals surface area (Å²) in [6, 6.07) is 25.1. The van der Waals surface area contributed by atoms with Crippen LogP contribution in [0.15, 0.2) is 102 Å². The molecule has 0 amide bonds. The second-order valence-electron chi connectivity index (χ2n) is 8.81. The first-order chi connectivity index (χ1) is 19.3. The Labute approximate surface area is 227 Å². The molecule has 4 aromatic rings. The minimum absolute atomic E-state index is 0.0126. The Morgan fingerprint density at radius 3 is 2.45 bits per heavy atom. The monoisotopic (exact) mass is 537 g/mol. The van der Waals surface area contributed by atoms with E-state index < -0.39 is 16.8 Å². The van der Waals surface area contributed by atoms with Gasteiger partial charge in [-0.15, -0.1) is 0 Å². The molecule has 40 heavy (non-hydrogen) atoms. The number of non-ortho nitro benzene ring substituents is 1. The smallest absolute Gasteiger partial charge is 0.343 e. The number of nitro groups is 1. The van der Waals surface area contributed by atoms with E-state index in [1.165, 1.54) is 36.4 Å². The summed E-state index contributed by atoms with van der Waals surface area (Å²) in [6.45, 7) is 0.258. The number of hydrogen-bond acceptors (Lipinski definition) is 8. The lowest BCUT2D eigenvalue weighted by atomic mass is 9.83.